The minimum absolute atomic E-state index is 0.155. The van der Waals surface area contributed by atoms with Gasteiger partial charge in [-0.05, 0) is 42.5 Å². The van der Waals surface area contributed by atoms with Crippen molar-refractivity contribution in [3.63, 3.8) is 0 Å². The Labute approximate surface area is 143 Å². The van der Waals surface area contributed by atoms with Crippen LogP contribution in [0, 0.1) is 5.82 Å². The fraction of sp³-hybridized carbons (Fsp3) is 0.176. The molecule has 1 atom stereocenters. The first-order chi connectivity index (χ1) is 11.5. The van der Waals surface area contributed by atoms with E-state index < -0.39 is 11.8 Å². The van der Waals surface area contributed by atoms with Crippen LogP contribution < -0.4 is 15.5 Å². The van der Waals surface area contributed by atoms with Gasteiger partial charge in [-0.25, -0.2) is 9.18 Å². The van der Waals surface area contributed by atoms with Crippen molar-refractivity contribution in [3.05, 3.63) is 59.4 Å². The van der Waals surface area contributed by atoms with E-state index in [0.29, 0.717) is 22.9 Å². The van der Waals surface area contributed by atoms with E-state index in [2.05, 4.69) is 10.6 Å². The van der Waals surface area contributed by atoms with Gasteiger partial charge in [-0.2, -0.15) is 0 Å². The number of hydrogen-bond donors (Lipinski definition) is 2. The summed E-state index contributed by atoms with van der Waals surface area (Å²) in [5.41, 5.74) is 1.09. The maximum Gasteiger partial charge on any atom is 0.319 e. The lowest BCUT2D eigenvalue weighted by Crippen LogP contribution is -2.39. The third kappa shape index (κ3) is 3.83. The van der Waals surface area contributed by atoms with Crippen LogP contribution in [0.5, 0.6) is 0 Å². The minimum Gasteiger partial charge on any atom is -0.333 e. The molecule has 0 bridgehead atoms. The second-order valence-corrected chi connectivity index (χ2v) is 5.93. The normalized spacial score (nSPS) is 17.0. The lowest BCUT2D eigenvalue weighted by molar-refractivity contribution is -0.117. The van der Waals surface area contributed by atoms with E-state index in [1.807, 2.05) is 0 Å². The Hall–Kier alpha value is -2.60. The molecule has 1 aliphatic heterocycles. The molecule has 0 radical (unpaired) electrons. The Bertz CT molecular complexity index is 767. The van der Waals surface area contributed by atoms with Crippen molar-refractivity contribution in [2.75, 3.05) is 16.8 Å². The van der Waals surface area contributed by atoms with E-state index in [1.54, 1.807) is 36.4 Å². The number of carbonyl (C=O) groups is 2. The molecule has 1 fully saturated rings. The standard InChI is InChI=1S/C17H15ClFN3O2/c18-11-4-6-13(7-5-11)20-17(24)21-14-9-16(23)22(10-14)15-3-1-2-12(19)8-15/h1-8,14H,9-10H2,(H2,20,21,24)/t14-/m0/s1. The van der Waals surface area contributed by atoms with Crippen LogP contribution in [0.3, 0.4) is 0 Å². The summed E-state index contributed by atoms with van der Waals surface area (Å²) in [7, 11) is 0. The van der Waals surface area contributed by atoms with Gasteiger partial charge in [0.1, 0.15) is 5.82 Å². The van der Waals surface area contributed by atoms with Crippen LogP contribution in [0.4, 0.5) is 20.6 Å². The smallest absolute Gasteiger partial charge is 0.319 e. The van der Waals surface area contributed by atoms with Gasteiger partial charge in [0.15, 0.2) is 0 Å². The molecule has 1 aliphatic rings. The highest BCUT2D eigenvalue weighted by atomic mass is 35.5. The summed E-state index contributed by atoms with van der Waals surface area (Å²) in [6, 6.07) is 11.8. The highest BCUT2D eigenvalue weighted by Crippen LogP contribution is 2.22. The van der Waals surface area contributed by atoms with Crippen LogP contribution >= 0.6 is 11.6 Å². The number of amides is 3. The third-order valence-corrected chi connectivity index (χ3v) is 3.93. The van der Waals surface area contributed by atoms with Gasteiger partial charge in [-0.3, -0.25) is 4.79 Å². The average molecular weight is 348 g/mol. The molecule has 7 heteroatoms. The molecule has 0 aromatic heterocycles. The third-order valence-electron chi connectivity index (χ3n) is 3.68. The zero-order chi connectivity index (χ0) is 17.1. The van der Waals surface area contributed by atoms with Crippen molar-refractivity contribution in [2.24, 2.45) is 0 Å². The number of rotatable bonds is 3. The zero-order valence-electron chi connectivity index (χ0n) is 12.6. The number of nitrogens with zero attached hydrogens (tertiary/aromatic N) is 1. The topological polar surface area (TPSA) is 61.4 Å². The summed E-state index contributed by atoms with van der Waals surface area (Å²) < 4.78 is 13.3. The van der Waals surface area contributed by atoms with E-state index in [4.69, 9.17) is 11.6 Å². The summed E-state index contributed by atoms with van der Waals surface area (Å²) in [4.78, 5) is 25.6. The Balaban J connectivity index is 1.59. The monoisotopic (exact) mass is 347 g/mol. The highest BCUT2D eigenvalue weighted by Gasteiger charge is 2.31. The van der Waals surface area contributed by atoms with E-state index in [-0.39, 0.29) is 18.4 Å². The number of benzene rings is 2. The zero-order valence-corrected chi connectivity index (χ0v) is 13.4. The van der Waals surface area contributed by atoms with Crippen molar-refractivity contribution < 1.29 is 14.0 Å². The lowest BCUT2D eigenvalue weighted by Gasteiger charge is -2.17. The number of anilines is 2. The molecular formula is C17H15ClFN3O2. The van der Waals surface area contributed by atoms with Crippen LogP contribution in [-0.4, -0.2) is 24.5 Å². The van der Waals surface area contributed by atoms with Crippen LogP contribution in [0.15, 0.2) is 48.5 Å². The summed E-state index contributed by atoms with van der Waals surface area (Å²) >= 11 is 5.79. The lowest BCUT2D eigenvalue weighted by atomic mass is 10.2. The molecule has 0 spiro atoms. The molecule has 5 nitrogen and oxygen atoms in total. The van der Waals surface area contributed by atoms with Crippen molar-refractivity contribution in [1.82, 2.24) is 5.32 Å². The Morgan fingerprint density at radius 3 is 2.67 bits per heavy atom. The van der Waals surface area contributed by atoms with Gasteiger partial charge in [0.05, 0.1) is 6.04 Å². The number of hydrogen-bond acceptors (Lipinski definition) is 2. The van der Waals surface area contributed by atoms with E-state index in [0.717, 1.165) is 0 Å². The van der Waals surface area contributed by atoms with Crippen LogP contribution in [0.25, 0.3) is 0 Å². The highest BCUT2D eigenvalue weighted by molar-refractivity contribution is 6.30. The molecule has 1 saturated heterocycles. The molecule has 2 aromatic rings. The van der Waals surface area contributed by atoms with Gasteiger partial charge < -0.3 is 15.5 Å². The van der Waals surface area contributed by atoms with Crippen LogP contribution in [-0.2, 0) is 4.79 Å². The number of urea groups is 1. The summed E-state index contributed by atoms with van der Waals surface area (Å²) in [6.07, 6.45) is 0.171. The number of nitrogens with one attached hydrogen (secondary N) is 2. The molecule has 0 saturated carbocycles. The number of halogens is 2. The second kappa shape index (κ2) is 6.88. The minimum atomic E-state index is -0.406. The van der Waals surface area contributed by atoms with Crippen molar-refractivity contribution >= 4 is 34.9 Å². The molecule has 1 heterocycles. The fourth-order valence-corrected chi connectivity index (χ4v) is 2.71. The van der Waals surface area contributed by atoms with Gasteiger partial charge in [-0.1, -0.05) is 17.7 Å². The van der Waals surface area contributed by atoms with E-state index in [9.17, 15) is 14.0 Å². The predicted octanol–water partition coefficient (Wildman–Crippen LogP) is 3.41. The summed E-state index contributed by atoms with van der Waals surface area (Å²) in [5.74, 6) is -0.561. The van der Waals surface area contributed by atoms with Gasteiger partial charge in [0, 0.05) is 29.4 Å². The summed E-state index contributed by atoms with van der Waals surface area (Å²) in [6.45, 7) is 0.302. The number of carbonyl (C=O) groups excluding carboxylic acids is 2. The Kier molecular flexibility index (Phi) is 4.66. The first kappa shape index (κ1) is 16.3. The van der Waals surface area contributed by atoms with Gasteiger partial charge in [-0.15, -0.1) is 0 Å². The summed E-state index contributed by atoms with van der Waals surface area (Å²) in [5, 5.41) is 6.00. The van der Waals surface area contributed by atoms with Crippen LogP contribution in [0.2, 0.25) is 5.02 Å². The van der Waals surface area contributed by atoms with Crippen molar-refractivity contribution in [1.29, 1.82) is 0 Å². The maximum absolute atomic E-state index is 13.3. The quantitative estimate of drug-likeness (QED) is 0.893. The molecule has 2 aromatic carbocycles. The molecule has 0 unspecified atom stereocenters. The Morgan fingerprint density at radius 1 is 1.21 bits per heavy atom. The molecule has 3 amide bonds. The molecule has 0 aliphatic carbocycles. The molecule has 2 N–H and O–H groups in total. The maximum atomic E-state index is 13.3. The van der Waals surface area contributed by atoms with E-state index in [1.165, 1.54) is 17.0 Å². The SMILES string of the molecule is O=C(Nc1ccc(Cl)cc1)N[C@H]1CC(=O)N(c2cccc(F)c2)C1. The van der Waals surface area contributed by atoms with E-state index >= 15 is 0 Å². The molecule has 3 rings (SSSR count). The van der Waals surface area contributed by atoms with Crippen LogP contribution in [0.1, 0.15) is 6.42 Å². The first-order valence-electron chi connectivity index (χ1n) is 7.40. The van der Waals surface area contributed by atoms with Gasteiger partial charge in [0.25, 0.3) is 0 Å². The predicted molar refractivity (Wildman–Crippen MR) is 90.8 cm³/mol. The fourth-order valence-electron chi connectivity index (χ4n) is 2.58. The van der Waals surface area contributed by atoms with Crippen molar-refractivity contribution in [3.8, 4) is 0 Å². The first-order valence-corrected chi connectivity index (χ1v) is 7.78. The molecular weight excluding hydrogens is 333 g/mol. The van der Waals surface area contributed by atoms with Gasteiger partial charge >= 0.3 is 6.03 Å². The average Bonchev–Trinajstić information content (AvgIpc) is 2.90. The molecule has 24 heavy (non-hydrogen) atoms. The van der Waals surface area contributed by atoms with Crippen molar-refractivity contribution in [2.45, 2.75) is 12.5 Å². The molecule has 124 valence electrons. The second-order valence-electron chi connectivity index (χ2n) is 5.49. The largest absolute Gasteiger partial charge is 0.333 e. The van der Waals surface area contributed by atoms with Gasteiger partial charge in [0.2, 0.25) is 5.91 Å². The Morgan fingerprint density at radius 2 is 1.96 bits per heavy atom.